The largest absolute Gasteiger partial charge is 0.490 e. The second kappa shape index (κ2) is 5.01. The van der Waals surface area contributed by atoms with Crippen LogP contribution >= 0.6 is 0 Å². The Morgan fingerprint density at radius 1 is 1.25 bits per heavy atom. The standard InChI is InChI=1S/C13H18O3/c1-8(2)10-6-5-7-11(13(14)15)12(10)16-9(3)4/h5-9H,1-4H3,(H,14,15). The first kappa shape index (κ1) is 12.6. The van der Waals surface area contributed by atoms with E-state index < -0.39 is 5.97 Å². The summed E-state index contributed by atoms with van der Waals surface area (Å²) in [6, 6.07) is 5.24. The Hall–Kier alpha value is -1.51. The third-order valence-electron chi connectivity index (χ3n) is 2.25. The molecule has 16 heavy (non-hydrogen) atoms. The lowest BCUT2D eigenvalue weighted by atomic mass is 9.99. The second-order valence-corrected chi connectivity index (χ2v) is 4.35. The van der Waals surface area contributed by atoms with E-state index in [1.54, 1.807) is 12.1 Å². The van der Waals surface area contributed by atoms with E-state index in [1.807, 2.05) is 33.8 Å². The van der Waals surface area contributed by atoms with Gasteiger partial charge in [-0.2, -0.15) is 0 Å². The molecular formula is C13H18O3. The van der Waals surface area contributed by atoms with Gasteiger partial charge in [-0.1, -0.05) is 26.0 Å². The lowest BCUT2D eigenvalue weighted by molar-refractivity contribution is 0.0690. The van der Waals surface area contributed by atoms with Crippen LogP contribution in [0, 0.1) is 0 Å². The van der Waals surface area contributed by atoms with Crippen LogP contribution in [-0.2, 0) is 0 Å². The molecule has 0 radical (unpaired) electrons. The van der Waals surface area contributed by atoms with Crippen LogP contribution in [0.4, 0.5) is 0 Å². The van der Waals surface area contributed by atoms with Crippen LogP contribution in [0.15, 0.2) is 18.2 Å². The Labute approximate surface area is 96.1 Å². The maximum Gasteiger partial charge on any atom is 0.339 e. The fraction of sp³-hybridized carbons (Fsp3) is 0.462. The normalized spacial score (nSPS) is 10.9. The molecule has 0 aliphatic heterocycles. The van der Waals surface area contributed by atoms with E-state index in [0.717, 1.165) is 5.56 Å². The molecule has 0 bridgehead atoms. The monoisotopic (exact) mass is 222 g/mol. The highest BCUT2D eigenvalue weighted by atomic mass is 16.5. The van der Waals surface area contributed by atoms with Gasteiger partial charge in [-0.15, -0.1) is 0 Å². The Bertz CT molecular complexity index is 381. The predicted octanol–water partition coefficient (Wildman–Crippen LogP) is 3.30. The van der Waals surface area contributed by atoms with Crippen molar-refractivity contribution >= 4 is 5.97 Å². The van der Waals surface area contributed by atoms with Crippen molar-refractivity contribution in [3.05, 3.63) is 29.3 Å². The predicted molar refractivity (Wildman–Crippen MR) is 63.3 cm³/mol. The summed E-state index contributed by atoms with van der Waals surface area (Å²) < 4.78 is 5.62. The van der Waals surface area contributed by atoms with E-state index in [2.05, 4.69) is 0 Å². The van der Waals surface area contributed by atoms with Crippen molar-refractivity contribution in [3.8, 4) is 5.75 Å². The molecule has 0 heterocycles. The van der Waals surface area contributed by atoms with Gasteiger partial charge in [0.05, 0.1) is 6.10 Å². The quantitative estimate of drug-likeness (QED) is 0.850. The minimum atomic E-state index is -0.946. The van der Waals surface area contributed by atoms with Gasteiger partial charge >= 0.3 is 5.97 Å². The highest BCUT2D eigenvalue weighted by Crippen LogP contribution is 2.31. The number of carboxylic acids is 1. The van der Waals surface area contributed by atoms with Gasteiger partial charge in [0.2, 0.25) is 0 Å². The molecule has 1 rings (SSSR count). The molecule has 1 aromatic rings. The molecule has 0 aliphatic rings. The minimum Gasteiger partial charge on any atom is -0.490 e. The van der Waals surface area contributed by atoms with Crippen molar-refractivity contribution in [2.24, 2.45) is 0 Å². The van der Waals surface area contributed by atoms with Crippen molar-refractivity contribution in [2.75, 3.05) is 0 Å². The number of ether oxygens (including phenoxy) is 1. The second-order valence-electron chi connectivity index (χ2n) is 4.35. The maximum atomic E-state index is 11.1. The van der Waals surface area contributed by atoms with Crippen molar-refractivity contribution < 1.29 is 14.6 Å². The molecule has 0 saturated carbocycles. The third-order valence-corrected chi connectivity index (χ3v) is 2.25. The molecule has 0 unspecified atom stereocenters. The summed E-state index contributed by atoms with van der Waals surface area (Å²) in [6.07, 6.45) is -0.0296. The number of hydrogen-bond acceptors (Lipinski definition) is 2. The number of para-hydroxylation sites is 1. The van der Waals surface area contributed by atoms with E-state index in [-0.39, 0.29) is 17.6 Å². The first-order chi connectivity index (χ1) is 7.43. The first-order valence-electron chi connectivity index (χ1n) is 5.46. The third kappa shape index (κ3) is 2.75. The van der Waals surface area contributed by atoms with Crippen molar-refractivity contribution in [2.45, 2.75) is 39.7 Å². The van der Waals surface area contributed by atoms with Crippen molar-refractivity contribution in [1.82, 2.24) is 0 Å². The average molecular weight is 222 g/mol. The van der Waals surface area contributed by atoms with Crippen LogP contribution < -0.4 is 4.74 Å². The highest BCUT2D eigenvalue weighted by Gasteiger charge is 2.17. The topological polar surface area (TPSA) is 46.5 Å². The number of rotatable bonds is 4. The summed E-state index contributed by atoms with van der Waals surface area (Å²) in [5.74, 6) is -0.203. The van der Waals surface area contributed by atoms with Crippen LogP contribution in [0.5, 0.6) is 5.75 Å². The maximum absolute atomic E-state index is 11.1. The van der Waals surface area contributed by atoms with Crippen LogP contribution in [-0.4, -0.2) is 17.2 Å². The fourth-order valence-electron chi connectivity index (χ4n) is 1.55. The van der Waals surface area contributed by atoms with Gasteiger partial charge in [0.25, 0.3) is 0 Å². The molecule has 0 spiro atoms. The zero-order valence-electron chi connectivity index (χ0n) is 10.2. The summed E-state index contributed by atoms with van der Waals surface area (Å²) in [5.41, 5.74) is 1.17. The Balaban J connectivity index is 3.29. The molecule has 0 fully saturated rings. The Morgan fingerprint density at radius 2 is 1.88 bits per heavy atom. The molecule has 0 aromatic heterocycles. The van der Waals surface area contributed by atoms with Gasteiger partial charge in [-0.3, -0.25) is 0 Å². The summed E-state index contributed by atoms with van der Waals surface area (Å²) in [4.78, 5) is 11.1. The van der Waals surface area contributed by atoms with Gasteiger partial charge in [0, 0.05) is 0 Å². The van der Waals surface area contributed by atoms with Crippen LogP contribution in [0.2, 0.25) is 0 Å². The van der Waals surface area contributed by atoms with Crippen molar-refractivity contribution in [3.63, 3.8) is 0 Å². The van der Waals surface area contributed by atoms with Gasteiger partial charge in [-0.25, -0.2) is 4.79 Å². The van der Waals surface area contributed by atoms with Crippen LogP contribution in [0.25, 0.3) is 0 Å². The lowest BCUT2D eigenvalue weighted by Crippen LogP contribution is -2.12. The minimum absolute atomic E-state index is 0.0296. The van der Waals surface area contributed by atoms with E-state index in [1.165, 1.54) is 0 Å². The van der Waals surface area contributed by atoms with E-state index in [4.69, 9.17) is 9.84 Å². The Kier molecular flexibility index (Phi) is 3.93. The number of aromatic carboxylic acids is 1. The van der Waals surface area contributed by atoms with Gasteiger partial charge < -0.3 is 9.84 Å². The number of hydrogen-bond donors (Lipinski definition) is 1. The first-order valence-corrected chi connectivity index (χ1v) is 5.46. The SMILES string of the molecule is CC(C)Oc1c(C(=O)O)cccc1C(C)C. The fourth-order valence-corrected chi connectivity index (χ4v) is 1.55. The summed E-state index contributed by atoms with van der Waals surface area (Å²) in [6.45, 7) is 7.83. The smallest absolute Gasteiger partial charge is 0.339 e. The van der Waals surface area contributed by atoms with E-state index in [9.17, 15) is 4.79 Å². The molecule has 0 saturated heterocycles. The molecular weight excluding hydrogens is 204 g/mol. The van der Waals surface area contributed by atoms with Gasteiger partial charge in [0.15, 0.2) is 0 Å². The van der Waals surface area contributed by atoms with Crippen molar-refractivity contribution in [1.29, 1.82) is 0 Å². The van der Waals surface area contributed by atoms with Crippen LogP contribution in [0.3, 0.4) is 0 Å². The lowest BCUT2D eigenvalue weighted by Gasteiger charge is -2.18. The molecule has 1 N–H and O–H groups in total. The molecule has 0 aliphatic carbocycles. The molecule has 3 nitrogen and oxygen atoms in total. The zero-order chi connectivity index (χ0) is 12.3. The number of carboxylic acid groups (broad SMARTS) is 1. The van der Waals surface area contributed by atoms with Gasteiger partial charge in [0.1, 0.15) is 11.3 Å². The number of benzene rings is 1. The van der Waals surface area contributed by atoms with Crippen LogP contribution in [0.1, 0.15) is 49.5 Å². The molecule has 0 amide bonds. The molecule has 0 atom stereocenters. The Morgan fingerprint density at radius 3 is 2.31 bits per heavy atom. The number of carbonyl (C=O) groups is 1. The van der Waals surface area contributed by atoms with E-state index in [0.29, 0.717) is 5.75 Å². The highest BCUT2D eigenvalue weighted by molar-refractivity contribution is 5.91. The van der Waals surface area contributed by atoms with Gasteiger partial charge in [-0.05, 0) is 31.4 Å². The molecule has 88 valence electrons. The summed E-state index contributed by atoms with van der Waals surface area (Å²) >= 11 is 0. The zero-order valence-corrected chi connectivity index (χ0v) is 10.2. The molecule has 3 heteroatoms. The molecule has 1 aromatic carbocycles. The summed E-state index contributed by atoms with van der Waals surface area (Å²) in [7, 11) is 0. The summed E-state index contributed by atoms with van der Waals surface area (Å²) in [5, 5.41) is 9.10. The van der Waals surface area contributed by atoms with E-state index >= 15 is 0 Å². The average Bonchev–Trinajstić information content (AvgIpc) is 2.16.